The van der Waals surface area contributed by atoms with E-state index in [1.165, 1.54) is 18.4 Å². The van der Waals surface area contributed by atoms with Crippen molar-refractivity contribution in [1.82, 2.24) is 5.32 Å². The van der Waals surface area contributed by atoms with Crippen LogP contribution in [-0.2, 0) is 4.74 Å². The summed E-state index contributed by atoms with van der Waals surface area (Å²) >= 11 is 6.28. The predicted octanol–water partition coefficient (Wildman–Crippen LogP) is 4.26. The first-order valence-corrected chi connectivity index (χ1v) is 7.55. The number of halogens is 1. The quantitative estimate of drug-likeness (QED) is 0.871. The number of likely N-dealkylation sites (N-methyl/N-ethyl adjacent to an activating group) is 1. The molecule has 3 heteroatoms. The van der Waals surface area contributed by atoms with Gasteiger partial charge >= 0.3 is 0 Å². The number of aryl methyl sites for hydroxylation is 1. The smallest absolute Gasteiger partial charge is 0.0872 e. The van der Waals surface area contributed by atoms with Gasteiger partial charge < -0.3 is 10.1 Å². The maximum atomic E-state index is 6.28. The summed E-state index contributed by atoms with van der Waals surface area (Å²) in [5.41, 5.74) is 2.29. The highest BCUT2D eigenvalue weighted by atomic mass is 35.5. The van der Waals surface area contributed by atoms with Gasteiger partial charge in [0.1, 0.15) is 0 Å². The monoisotopic (exact) mass is 281 g/mol. The maximum absolute atomic E-state index is 6.28. The molecule has 1 aliphatic carbocycles. The summed E-state index contributed by atoms with van der Waals surface area (Å²) in [6.45, 7) is 5.11. The summed E-state index contributed by atoms with van der Waals surface area (Å²) in [7, 11) is 1.84. The van der Waals surface area contributed by atoms with E-state index in [1.54, 1.807) is 0 Å². The molecule has 0 amide bonds. The molecule has 106 valence electrons. The van der Waals surface area contributed by atoms with Gasteiger partial charge in [0.05, 0.1) is 11.6 Å². The van der Waals surface area contributed by atoms with Gasteiger partial charge in [0, 0.05) is 12.1 Å². The molecule has 1 aliphatic rings. The maximum Gasteiger partial charge on any atom is 0.0872 e. The lowest BCUT2D eigenvalue weighted by molar-refractivity contribution is -0.0364. The molecule has 1 N–H and O–H groups in total. The van der Waals surface area contributed by atoms with Crippen LogP contribution in [0.15, 0.2) is 18.2 Å². The zero-order chi connectivity index (χ0) is 13.9. The van der Waals surface area contributed by atoms with Gasteiger partial charge in [-0.1, -0.05) is 43.5 Å². The van der Waals surface area contributed by atoms with E-state index in [1.807, 2.05) is 14.0 Å². The third-order valence-electron chi connectivity index (χ3n) is 4.32. The van der Waals surface area contributed by atoms with E-state index in [0.29, 0.717) is 0 Å². The van der Waals surface area contributed by atoms with Gasteiger partial charge in [0.15, 0.2) is 0 Å². The molecule has 0 spiro atoms. The van der Waals surface area contributed by atoms with Crippen molar-refractivity contribution >= 4 is 11.6 Å². The molecule has 1 atom stereocenters. The Labute approximate surface area is 121 Å². The van der Waals surface area contributed by atoms with Crippen LogP contribution in [0.3, 0.4) is 0 Å². The average Bonchev–Trinajstić information content (AvgIpc) is 2.89. The predicted molar refractivity (Wildman–Crippen MR) is 80.8 cm³/mol. The minimum atomic E-state index is -0.0748. The molecule has 1 fully saturated rings. The molecule has 1 aromatic rings. The van der Waals surface area contributed by atoms with E-state index in [-0.39, 0.29) is 11.6 Å². The Morgan fingerprint density at radius 1 is 1.37 bits per heavy atom. The van der Waals surface area contributed by atoms with Gasteiger partial charge in [-0.15, -0.1) is 0 Å². The van der Waals surface area contributed by atoms with E-state index >= 15 is 0 Å². The molecule has 0 bridgehead atoms. The molecule has 1 unspecified atom stereocenters. The van der Waals surface area contributed by atoms with Crippen molar-refractivity contribution in [2.75, 3.05) is 13.7 Å². The van der Waals surface area contributed by atoms with Crippen LogP contribution in [0.2, 0.25) is 5.02 Å². The van der Waals surface area contributed by atoms with E-state index < -0.39 is 0 Å². The second kappa shape index (κ2) is 6.25. The average molecular weight is 282 g/mol. The van der Waals surface area contributed by atoms with Crippen molar-refractivity contribution < 1.29 is 4.74 Å². The van der Waals surface area contributed by atoms with Crippen LogP contribution in [0.25, 0.3) is 0 Å². The molecule has 2 rings (SSSR count). The lowest BCUT2D eigenvalue weighted by atomic mass is 9.86. The standard InChI is InChI=1S/C16H24ClNO/c1-4-18-15(16(19-3)9-5-6-10-16)13-8-7-12(2)14(17)11-13/h7-8,11,15,18H,4-6,9-10H2,1-3H3. The minimum absolute atomic E-state index is 0.0748. The Morgan fingerprint density at radius 2 is 2.05 bits per heavy atom. The highest BCUT2D eigenvalue weighted by molar-refractivity contribution is 6.31. The third-order valence-corrected chi connectivity index (χ3v) is 4.73. The molecule has 0 saturated heterocycles. The summed E-state index contributed by atoms with van der Waals surface area (Å²) in [5.74, 6) is 0. The summed E-state index contributed by atoms with van der Waals surface area (Å²) in [4.78, 5) is 0. The van der Waals surface area contributed by atoms with Gasteiger partial charge in [-0.3, -0.25) is 0 Å². The summed E-state index contributed by atoms with van der Waals surface area (Å²) in [5, 5.41) is 4.43. The van der Waals surface area contributed by atoms with E-state index in [9.17, 15) is 0 Å². The topological polar surface area (TPSA) is 21.3 Å². The molecular formula is C16H24ClNO. The highest BCUT2D eigenvalue weighted by Crippen LogP contribution is 2.43. The van der Waals surface area contributed by atoms with Crippen molar-refractivity contribution in [2.45, 2.75) is 51.2 Å². The second-order valence-electron chi connectivity index (χ2n) is 5.48. The minimum Gasteiger partial charge on any atom is -0.376 e. The van der Waals surface area contributed by atoms with Crippen LogP contribution in [-0.4, -0.2) is 19.3 Å². The Hall–Kier alpha value is -0.570. The lowest BCUT2D eigenvalue weighted by Gasteiger charge is -2.37. The van der Waals surface area contributed by atoms with E-state index in [4.69, 9.17) is 16.3 Å². The van der Waals surface area contributed by atoms with Crippen LogP contribution < -0.4 is 5.32 Å². The summed E-state index contributed by atoms with van der Waals surface area (Å²) < 4.78 is 5.93. The Morgan fingerprint density at radius 3 is 2.58 bits per heavy atom. The first-order valence-electron chi connectivity index (χ1n) is 7.17. The SMILES string of the molecule is CCNC(c1ccc(C)c(Cl)c1)C1(OC)CCCC1. The fraction of sp³-hybridized carbons (Fsp3) is 0.625. The van der Waals surface area contributed by atoms with Crippen molar-refractivity contribution in [2.24, 2.45) is 0 Å². The zero-order valence-electron chi connectivity index (χ0n) is 12.1. The van der Waals surface area contributed by atoms with Crippen molar-refractivity contribution in [1.29, 1.82) is 0 Å². The molecule has 0 radical (unpaired) electrons. The van der Waals surface area contributed by atoms with E-state index in [2.05, 4.69) is 30.4 Å². The number of hydrogen-bond donors (Lipinski definition) is 1. The molecule has 0 aromatic heterocycles. The van der Waals surface area contributed by atoms with Crippen LogP contribution in [0.4, 0.5) is 0 Å². The summed E-state index contributed by atoms with van der Waals surface area (Å²) in [6.07, 6.45) is 4.73. The number of nitrogens with one attached hydrogen (secondary N) is 1. The lowest BCUT2D eigenvalue weighted by Crippen LogP contribution is -2.43. The van der Waals surface area contributed by atoms with E-state index in [0.717, 1.165) is 30.0 Å². The van der Waals surface area contributed by atoms with Gasteiger partial charge in [-0.05, 0) is 43.5 Å². The first kappa shape index (κ1) is 14.8. The van der Waals surface area contributed by atoms with Crippen LogP contribution in [0.5, 0.6) is 0 Å². The highest BCUT2D eigenvalue weighted by Gasteiger charge is 2.42. The fourth-order valence-corrected chi connectivity index (χ4v) is 3.37. The van der Waals surface area contributed by atoms with Crippen LogP contribution in [0, 0.1) is 6.92 Å². The molecule has 1 aromatic carbocycles. The molecular weight excluding hydrogens is 258 g/mol. The van der Waals surface area contributed by atoms with Crippen molar-refractivity contribution in [3.8, 4) is 0 Å². The second-order valence-corrected chi connectivity index (χ2v) is 5.88. The van der Waals surface area contributed by atoms with Gasteiger partial charge in [-0.2, -0.15) is 0 Å². The molecule has 2 nitrogen and oxygen atoms in total. The van der Waals surface area contributed by atoms with Gasteiger partial charge in [0.2, 0.25) is 0 Å². The molecule has 0 heterocycles. The Balaban J connectivity index is 2.35. The number of methoxy groups -OCH3 is 1. The number of hydrogen-bond acceptors (Lipinski definition) is 2. The number of ether oxygens (including phenoxy) is 1. The van der Waals surface area contributed by atoms with Crippen molar-refractivity contribution in [3.05, 3.63) is 34.3 Å². The fourth-order valence-electron chi connectivity index (χ4n) is 3.18. The molecule has 19 heavy (non-hydrogen) atoms. The molecule has 1 saturated carbocycles. The third kappa shape index (κ3) is 2.96. The van der Waals surface area contributed by atoms with Gasteiger partial charge in [-0.25, -0.2) is 0 Å². The largest absolute Gasteiger partial charge is 0.376 e. The Bertz CT molecular complexity index is 427. The van der Waals surface area contributed by atoms with Crippen LogP contribution in [0.1, 0.15) is 49.8 Å². The van der Waals surface area contributed by atoms with Crippen molar-refractivity contribution in [3.63, 3.8) is 0 Å². The van der Waals surface area contributed by atoms with Crippen LogP contribution >= 0.6 is 11.6 Å². The number of rotatable bonds is 5. The van der Waals surface area contributed by atoms with Gasteiger partial charge in [0.25, 0.3) is 0 Å². The first-order chi connectivity index (χ1) is 9.13. The number of benzene rings is 1. The molecule has 0 aliphatic heterocycles. The zero-order valence-corrected chi connectivity index (χ0v) is 12.9. The normalized spacial score (nSPS) is 19.6. The Kier molecular flexibility index (Phi) is 4.88. The summed E-state index contributed by atoms with van der Waals surface area (Å²) in [6, 6.07) is 6.58.